The molecule has 0 saturated carbocycles. The van der Waals surface area contributed by atoms with Crippen LogP contribution in [-0.4, -0.2) is 39.7 Å². The smallest absolute Gasteiger partial charge is 0.228 e. The van der Waals surface area contributed by atoms with Gasteiger partial charge in [-0.25, -0.2) is 4.98 Å². The fourth-order valence-electron chi connectivity index (χ4n) is 5.04. The lowest BCUT2D eigenvalue weighted by molar-refractivity contribution is 0.102. The third kappa shape index (κ3) is 4.20. The van der Waals surface area contributed by atoms with Gasteiger partial charge in [0, 0.05) is 23.1 Å². The number of ether oxygens (including phenoxy) is 2. The minimum Gasteiger partial charge on any atom is -0.497 e. The van der Waals surface area contributed by atoms with Crippen molar-refractivity contribution in [3.05, 3.63) is 101 Å². The fraction of sp³-hybridized carbons (Fsp3) is 0.161. The Kier molecular flexibility index (Phi) is 6.07. The number of imidazole rings is 1. The Morgan fingerprint density at radius 2 is 1.72 bits per heavy atom. The standard InChI is InChI=1S/C31H26N4O4/c1-18-28(19(2)39-34-18)24-14-25-23(15-27(24)38-4)29-26(16-32-25)33-31(35(29)17-20-8-6-5-7-9-20)30(36)21-10-12-22(37-3)13-11-21/h5-16H,17H2,1-4H3. The Bertz CT molecular complexity index is 1820. The topological polar surface area (TPSA) is 92.3 Å². The van der Waals surface area contributed by atoms with E-state index in [1.54, 1.807) is 44.7 Å². The van der Waals surface area contributed by atoms with E-state index >= 15 is 0 Å². The number of rotatable bonds is 7. The first kappa shape index (κ1) is 24.4. The van der Waals surface area contributed by atoms with Crippen LogP contribution >= 0.6 is 0 Å². The SMILES string of the molecule is COc1ccc(C(=O)c2nc3cnc4cc(-c5c(C)noc5C)c(OC)cc4c3n2Cc2ccccc2)cc1. The maximum Gasteiger partial charge on any atom is 0.228 e. The number of pyridine rings is 1. The lowest BCUT2D eigenvalue weighted by Crippen LogP contribution is -2.12. The molecule has 0 radical (unpaired) electrons. The molecule has 0 unspecified atom stereocenters. The van der Waals surface area contributed by atoms with Crippen molar-refractivity contribution in [2.45, 2.75) is 20.4 Å². The van der Waals surface area contributed by atoms with Crippen LogP contribution in [0.5, 0.6) is 11.5 Å². The van der Waals surface area contributed by atoms with Gasteiger partial charge >= 0.3 is 0 Å². The number of benzene rings is 3. The van der Waals surface area contributed by atoms with E-state index in [0.29, 0.717) is 40.7 Å². The average Bonchev–Trinajstić information content (AvgIpc) is 3.51. The number of methoxy groups -OCH3 is 2. The fourth-order valence-corrected chi connectivity index (χ4v) is 5.04. The third-order valence-corrected chi connectivity index (χ3v) is 6.93. The van der Waals surface area contributed by atoms with Gasteiger partial charge in [0.1, 0.15) is 22.8 Å². The number of fused-ring (bicyclic) bond motifs is 3. The van der Waals surface area contributed by atoms with Gasteiger partial charge in [-0.2, -0.15) is 0 Å². The molecule has 0 aliphatic heterocycles. The van der Waals surface area contributed by atoms with E-state index in [1.807, 2.05) is 60.9 Å². The molecule has 8 heteroatoms. The molecule has 39 heavy (non-hydrogen) atoms. The molecule has 8 nitrogen and oxygen atoms in total. The second-order valence-electron chi connectivity index (χ2n) is 9.33. The van der Waals surface area contributed by atoms with Crippen molar-refractivity contribution in [3.8, 4) is 22.6 Å². The highest BCUT2D eigenvalue weighted by Gasteiger charge is 2.24. The molecule has 6 aromatic rings. The van der Waals surface area contributed by atoms with Gasteiger partial charge in [0.15, 0.2) is 5.82 Å². The van der Waals surface area contributed by atoms with Crippen molar-refractivity contribution in [3.63, 3.8) is 0 Å². The van der Waals surface area contributed by atoms with Gasteiger partial charge < -0.3 is 18.6 Å². The van der Waals surface area contributed by atoms with Crippen LogP contribution in [0.15, 0.2) is 77.4 Å². The summed E-state index contributed by atoms with van der Waals surface area (Å²) in [6.45, 7) is 4.24. The van der Waals surface area contributed by atoms with E-state index < -0.39 is 0 Å². The van der Waals surface area contributed by atoms with Crippen LogP contribution in [-0.2, 0) is 6.54 Å². The predicted molar refractivity (Wildman–Crippen MR) is 149 cm³/mol. The maximum absolute atomic E-state index is 13.8. The zero-order chi connectivity index (χ0) is 27.1. The monoisotopic (exact) mass is 518 g/mol. The maximum atomic E-state index is 13.8. The van der Waals surface area contributed by atoms with Gasteiger partial charge in [-0.1, -0.05) is 35.5 Å². The highest BCUT2D eigenvalue weighted by molar-refractivity contribution is 6.11. The minimum atomic E-state index is -0.183. The summed E-state index contributed by atoms with van der Waals surface area (Å²) < 4.78 is 18.5. The molecular formula is C31H26N4O4. The molecule has 3 aromatic carbocycles. The molecule has 0 fully saturated rings. The Balaban J connectivity index is 1.60. The lowest BCUT2D eigenvalue weighted by Gasteiger charge is -2.13. The van der Waals surface area contributed by atoms with Gasteiger partial charge in [0.2, 0.25) is 5.78 Å². The Morgan fingerprint density at radius 1 is 0.949 bits per heavy atom. The summed E-state index contributed by atoms with van der Waals surface area (Å²) in [4.78, 5) is 23.3. The molecule has 0 spiro atoms. The number of hydrogen-bond donors (Lipinski definition) is 0. The van der Waals surface area contributed by atoms with Gasteiger partial charge in [0.05, 0.1) is 42.7 Å². The molecule has 3 heterocycles. The summed E-state index contributed by atoms with van der Waals surface area (Å²) in [5, 5.41) is 4.94. The summed E-state index contributed by atoms with van der Waals surface area (Å²) in [5.74, 6) is 2.19. The van der Waals surface area contributed by atoms with Crippen LogP contribution in [0.4, 0.5) is 0 Å². The van der Waals surface area contributed by atoms with Gasteiger partial charge in [0.25, 0.3) is 0 Å². The molecular weight excluding hydrogens is 492 g/mol. The highest BCUT2D eigenvalue weighted by atomic mass is 16.5. The third-order valence-electron chi connectivity index (χ3n) is 6.93. The second kappa shape index (κ2) is 9.72. The lowest BCUT2D eigenvalue weighted by atomic mass is 10.0. The molecule has 0 atom stereocenters. The predicted octanol–water partition coefficient (Wildman–Crippen LogP) is 6.15. The summed E-state index contributed by atoms with van der Waals surface area (Å²) in [6, 6.07) is 21.0. The Morgan fingerprint density at radius 3 is 2.38 bits per heavy atom. The van der Waals surface area contributed by atoms with E-state index in [4.69, 9.17) is 24.0 Å². The van der Waals surface area contributed by atoms with Crippen LogP contribution in [0.25, 0.3) is 33.1 Å². The average molecular weight is 519 g/mol. The number of aryl methyl sites for hydroxylation is 2. The molecule has 0 amide bonds. The highest BCUT2D eigenvalue weighted by Crippen LogP contribution is 2.39. The molecule has 0 aliphatic rings. The molecule has 0 bridgehead atoms. The summed E-state index contributed by atoms with van der Waals surface area (Å²) in [6.07, 6.45) is 1.72. The van der Waals surface area contributed by atoms with E-state index in [-0.39, 0.29) is 5.78 Å². The van der Waals surface area contributed by atoms with Crippen molar-refractivity contribution < 1.29 is 18.8 Å². The number of carbonyl (C=O) groups is 1. The summed E-state index contributed by atoms with van der Waals surface area (Å²) in [7, 11) is 3.23. The van der Waals surface area contributed by atoms with Crippen LogP contribution < -0.4 is 9.47 Å². The number of ketones is 1. The van der Waals surface area contributed by atoms with Crippen molar-refractivity contribution in [2.75, 3.05) is 14.2 Å². The molecule has 0 aliphatic carbocycles. The zero-order valence-corrected chi connectivity index (χ0v) is 22.1. The van der Waals surface area contributed by atoms with E-state index in [2.05, 4.69) is 5.16 Å². The van der Waals surface area contributed by atoms with Crippen LogP contribution in [0.1, 0.15) is 33.2 Å². The van der Waals surface area contributed by atoms with E-state index in [9.17, 15) is 4.79 Å². The van der Waals surface area contributed by atoms with Crippen molar-refractivity contribution in [1.82, 2.24) is 19.7 Å². The van der Waals surface area contributed by atoms with Gasteiger partial charge in [-0.3, -0.25) is 9.78 Å². The molecule has 3 aromatic heterocycles. The minimum absolute atomic E-state index is 0.183. The number of hydrogen-bond acceptors (Lipinski definition) is 7. The van der Waals surface area contributed by atoms with Crippen LogP contribution in [0.2, 0.25) is 0 Å². The summed E-state index contributed by atoms with van der Waals surface area (Å²) in [5.41, 5.74) is 6.25. The second-order valence-corrected chi connectivity index (χ2v) is 9.33. The number of nitrogens with zero attached hydrogens (tertiary/aromatic N) is 4. The van der Waals surface area contributed by atoms with Crippen LogP contribution in [0.3, 0.4) is 0 Å². The van der Waals surface area contributed by atoms with E-state index in [1.165, 1.54) is 0 Å². The van der Waals surface area contributed by atoms with Crippen molar-refractivity contribution in [1.29, 1.82) is 0 Å². The number of carbonyl (C=O) groups excluding carboxylic acids is 1. The first-order chi connectivity index (χ1) is 19.0. The normalized spacial score (nSPS) is 11.3. The first-order valence-electron chi connectivity index (χ1n) is 12.5. The van der Waals surface area contributed by atoms with Gasteiger partial charge in [-0.15, -0.1) is 0 Å². The summed E-state index contributed by atoms with van der Waals surface area (Å²) >= 11 is 0. The largest absolute Gasteiger partial charge is 0.497 e. The van der Waals surface area contributed by atoms with Crippen molar-refractivity contribution >= 4 is 27.7 Å². The number of aromatic nitrogens is 4. The molecule has 194 valence electrons. The Hall–Kier alpha value is -4.98. The quantitative estimate of drug-likeness (QED) is 0.234. The molecule has 0 N–H and O–H groups in total. The van der Waals surface area contributed by atoms with E-state index in [0.717, 1.165) is 38.8 Å². The molecule has 0 saturated heterocycles. The first-order valence-corrected chi connectivity index (χ1v) is 12.5. The molecule has 6 rings (SSSR count). The van der Waals surface area contributed by atoms with Crippen molar-refractivity contribution in [2.24, 2.45) is 0 Å². The Labute approximate surface area is 224 Å². The van der Waals surface area contributed by atoms with Crippen LogP contribution in [0, 0.1) is 13.8 Å². The zero-order valence-electron chi connectivity index (χ0n) is 22.1. The van der Waals surface area contributed by atoms with Gasteiger partial charge in [-0.05, 0) is 55.8 Å².